The molecule has 9 heteroatoms. The van der Waals surface area contributed by atoms with Gasteiger partial charge in [-0.05, 0) is 42.7 Å². The number of carbonyl (C=O) groups excluding carboxylic acids is 2. The monoisotopic (exact) mass is 426 g/mol. The van der Waals surface area contributed by atoms with Crippen molar-refractivity contribution in [2.24, 2.45) is 0 Å². The summed E-state index contributed by atoms with van der Waals surface area (Å²) in [5.41, 5.74) is -0.364. The van der Waals surface area contributed by atoms with Gasteiger partial charge in [0.05, 0.1) is 17.4 Å². The van der Waals surface area contributed by atoms with Crippen molar-refractivity contribution in [2.75, 3.05) is 5.32 Å². The molecule has 2 heterocycles. The number of nitrogens with zero attached hydrogens (tertiary/aromatic N) is 2. The van der Waals surface area contributed by atoms with Gasteiger partial charge in [-0.1, -0.05) is 18.2 Å². The summed E-state index contributed by atoms with van der Waals surface area (Å²) in [7, 11) is 0. The van der Waals surface area contributed by atoms with Gasteiger partial charge in [-0.2, -0.15) is 13.2 Å². The third-order valence-electron chi connectivity index (χ3n) is 4.76. The standard InChI is InChI=1S/C22H17F3N4O2/c23-22(24,25)17-4-2-1-3-15(17)16-8-9-26-12-19(16)29-20(30)13-7-10-27-18(11-13)21(31)28-14-5-6-14/h1-4,7-12,14H,5-6H2,(H,28,31)(H,29,30). The minimum absolute atomic E-state index is 0.0769. The summed E-state index contributed by atoms with van der Waals surface area (Å²) in [4.78, 5) is 32.9. The molecular weight excluding hydrogens is 409 g/mol. The van der Waals surface area contributed by atoms with Crippen LogP contribution >= 0.6 is 0 Å². The highest BCUT2D eigenvalue weighted by molar-refractivity contribution is 6.07. The number of anilines is 1. The van der Waals surface area contributed by atoms with E-state index in [4.69, 9.17) is 0 Å². The van der Waals surface area contributed by atoms with Crippen molar-refractivity contribution in [3.63, 3.8) is 0 Å². The van der Waals surface area contributed by atoms with Crippen LogP contribution in [0.5, 0.6) is 0 Å². The molecule has 0 aliphatic heterocycles. The molecule has 0 atom stereocenters. The van der Waals surface area contributed by atoms with E-state index in [2.05, 4.69) is 20.6 Å². The largest absolute Gasteiger partial charge is 0.417 e. The van der Waals surface area contributed by atoms with Crippen LogP contribution in [0.3, 0.4) is 0 Å². The summed E-state index contributed by atoms with van der Waals surface area (Å²) in [6.07, 6.45) is 1.23. The number of benzene rings is 1. The summed E-state index contributed by atoms with van der Waals surface area (Å²) in [6.45, 7) is 0. The Kier molecular flexibility index (Phi) is 5.41. The molecule has 158 valence electrons. The summed E-state index contributed by atoms with van der Waals surface area (Å²) in [5.74, 6) is -0.972. The molecule has 1 fully saturated rings. The third-order valence-corrected chi connectivity index (χ3v) is 4.76. The van der Waals surface area contributed by atoms with Crippen LogP contribution in [-0.2, 0) is 6.18 Å². The molecule has 2 N–H and O–H groups in total. The van der Waals surface area contributed by atoms with Crippen LogP contribution in [0, 0.1) is 0 Å². The lowest BCUT2D eigenvalue weighted by Gasteiger charge is -2.16. The Morgan fingerprint density at radius 2 is 1.74 bits per heavy atom. The van der Waals surface area contributed by atoms with E-state index >= 15 is 0 Å². The Bertz CT molecular complexity index is 1140. The molecule has 4 rings (SSSR count). The predicted octanol–water partition coefficient (Wildman–Crippen LogP) is 4.31. The minimum atomic E-state index is -4.56. The van der Waals surface area contributed by atoms with E-state index in [1.54, 1.807) is 0 Å². The van der Waals surface area contributed by atoms with Crippen molar-refractivity contribution >= 4 is 17.5 Å². The van der Waals surface area contributed by atoms with Gasteiger partial charge in [-0.15, -0.1) is 0 Å². The number of nitrogens with one attached hydrogen (secondary N) is 2. The van der Waals surface area contributed by atoms with E-state index in [9.17, 15) is 22.8 Å². The summed E-state index contributed by atoms with van der Waals surface area (Å²) in [5, 5.41) is 5.38. The third kappa shape index (κ3) is 4.71. The molecule has 0 unspecified atom stereocenters. The first kappa shape index (κ1) is 20.5. The minimum Gasteiger partial charge on any atom is -0.348 e. The zero-order valence-electron chi connectivity index (χ0n) is 16.1. The van der Waals surface area contributed by atoms with E-state index in [1.807, 2.05) is 0 Å². The zero-order chi connectivity index (χ0) is 22.0. The molecule has 1 saturated carbocycles. The number of amides is 2. The van der Waals surface area contributed by atoms with Crippen molar-refractivity contribution in [1.29, 1.82) is 0 Å². The van der Waals surface area contributed by atoms with Crippen LogP contribution in [-0.4, -0.2) is 27.8 Å². The first-order chi connectivity index (χ1) is 14.8. The van der Waals surface area contributed by atoms with E-state index in [-0.39, 0.29) is 40.0 Å². The number of rotatable bonds is 5. The van der Waals surface area contributed by atoms with Crippen LogP contribution in [0.25, 0.3) is 11.1 Å². The Balaban J connectivity index is 1.62. The second-order valence-corrected chi connectivity index (χ2v) is 7.10. The van der Waals surface area contributed by atoms with Crippen LogP contribution in [0.2, 0.25) is 0 Å². The van der Waals surface area contributed by atoms with E-state index in [0.29, 0.717) is 0 Å². The maximum Gasteiger partial charge on any atom is 0.417 e. The molecule has 2 amide bonds. The fourth-order valence-electron chi connectivity index (χ4n) is 3.07. The van der Waals surface area contributed by atoms with Gasteiger partial charge in [0.15, 0.2) is 0 Å². The number of aromatic nitrogens is 2. The van der Waals surface area contributed by atoms with Crippen LogP contribution in [0.1, 0.15) is 39.3 Å². The van der Waals surface area contributed by atoms with Gasteiger partial charge in [-0.3, -0.25) is 19.6 Å². The van der Waals surface area contributed by atoms with Gasteiger partial charge in [0, 0.05) is 29.6 Å². The van der Waals surface area contributed by atoms with Gasteiger partial charge in [0.25, 0.3) is 11.8 Å². The van der Waals surface area contributed by atoms with E-state index in [1.165, 1.54) is 55.0 Å². The predicted molar refractivity (Wildman–Crippen MR) is 107 cm³/mol. The first-order valence-corrected chi connectivity index (χ1v) is 9.52. The van der Waals surface area contributed by atoms with Gasteiger partial charge in [0.2, 0.25) is 0 Å². The summed E-state index contributed by atoms with van der Waals surface area (Å²) >= 11 is 0. The molecule has 31 heavy (non-hydrogen) atoms. The molecule has 1 aromatic carbocycles. The van der Waals surface area contributed by atoms with Crippen molar-refractivity contribution in [2.45, 2.75) is 25.1 Å². The Hall–Kier alpha value is -3.75. The lowest BCUT2D eigenvalue weighted by atomic mass is 9.99. The Labute approximate surface area is 175 Å². The number of carbonyl (C=O) groups is 2. The Morgan fingerprint density at radius 3 is 2.48 bits per heavy atom. The van der Waals surface area contributed by atoms with Crippen molar-refractivity contribution < 1.29 is 22.8 Å². The smallest absolute Gasteiger partial charge is 0.348 e. The maximum atomic E-state index is 13.5. The van der Waals surface area contributed by atoms with Gasteiger partial charge in [0.1, 0.15) is 5.69 Å². The number of hydrogen-bond donors (Lipinski definition) is 2. The van der Waals surface area contributed by atoms with Crippen molar-refractivity contribution in [3.05, 3.63) is 77.9 Å². The topological polar surface area (TPSA) is 84.0 Å². The lowest BCUT2D eigenvalue weighted by Crippen LogP contribution is -2.26. The van der Waals surface area contributed by atoms with E-state index in [0.717, 1.165) is 18.9 Å². The van der Waals surface area contributed by atoms with Crippen LogP contribution in [0.4, 0.5) is 18.9 Å². The fourth-order valence-corrected chi connectivity index (χ4v) is 3.07. The molecular formula is C22H17F3N4O2. The number of hydrogen-bond acceptors (Lipinski definition) is 4. The fraction of sp³-hybridized carbons (Fsp3) is 0.182. The molecule has 0 radical (unpaired) electrons. The average Bonchev–Trinajstić information content (AvgIpc) is 3.57. The number of alkyl halides is 3. The van der Waals surface area contributed by atoms with E-state index < -0.39 is 17.6 Å². The van der Waals surface area contributed by atoms with Gasteiger partial charge < -0.3 is 10.6 Å². The van der Waals surface area contributed by atoms with Gasteiger partial charge >= 0.3 is 6.18 Å². The molecule has 6 nitrogen and oxygen atoms in total. The molecule has 0 bridgehead atoms. The molecule has 0 spiro atoms. The summed E-state index contributed by atoms with van der Waals surface area (Å²) < 4.78 is 40.4. The molecule has 2 aromatic heterocycles. The SMILES string of the molecule is O=C(Nc1cnccc1-c1ccccc1C(F)(F)F)c1ccnc(C(=O)NC2CC2)c1. The highest BCUT2D eigenvalue weighted by Crippen LogP contribution is 2.39. The normalized spacial score (nSPS) is 13.5. The molecule has 0 saturated heterocycles. The highest BCUT2D eigenvalue weighted by Gasteiger charge is 2.34. The molecule has 1 aliphatic carbocycles. The van der Waals surface area contributed by atoms with Crippen LogP contribution < -0.4 is 10.6 Å². The first-order valence-electron chi connectivity index (χ1n) is 9.52. The lowest BCUT2D eigenvalue weighted by molar-refractivity contribution is -0.137. The second kappa shape index (κ2) is 8.17. The molecule has 3 aromatic rings. The average molecular weight is 426 g/mol. The quantitative estimate of drug-likeness (QED) is 0.637. The number of pyridine rings is 2. The second-order valence-electron chi connectivity index (χ2n) is 7.10. The highest BCUT2D eigenvalue weighted by atomic mass is 19.4. The van der Waals surface area contributed by atoms with Crippen molar-refractivity contribution in [1.82, 2.24) is 15.3 Å². The Morgan fingerprint density at radius 1 is 0.968 bits per heavy atom. The van der Waals surface area contributed by atoms with Gasteiger partial charge in [-0.25, -0.2) is 0 Å². The zero-order valence-corrected chi connectivity index (χ0v) is 16.1. The molecule has 1 aliphatic rings. The summed E-state index contributed by atoms with van der Waals surface area (Å²) in [6, 6.07) is 9.41. The number of halogens is 3. The van der Waals surface area contributed by atoms with Crippen LogP contribution in [0.15, 0.2) is 61.1 Å². The maximum absolute atomic E-state index is 13.5. The van der Waals surface area contributed by atoms with Crippen molar-refractivity contribution in [3.8, 4) is 11.1 Å².